The van der Waals surface area contributed by atoms with Gasteiger partial charge in [0.1, 0.15) is 0 Å². The molecule has 128 valence electrons. The highest BCUT2D eigenvalue weighted by molar-refractivity contribution is 7.09. The van der Waals surface area contributed by atoms with Crippen molar-refractivity contribution in [3.05, 3.63) is 51.2 Å². The van der Waals surface area contributed by atoms with Gasteiger partial charge in [0.25, 0.3) is 0 Å². The molecule has 1 heterocycles. The summed E-state index contributed by atoms with van der Waals surface area (Å²) in [5.41, 5.74) is 4.08. The summed E-state index contributed by atoms with van der Waals surface area (Å²) in [6, 6.07) is 8.08. The fourth-order valence-corrected chi connectivity index (χ4v) is 3.44. The summed E-state index contributed by atoms with van der Waals surface area (Å²) >= 11 is 1.65. The van der Waals surface area contributed by atoms with Crippen LogP contribution < -0.4 is 5.32 Å². The Kier molecular flexibility index (Phi) is 6.15. The lowest BCUT2D eigenvalue weighted by molar-refractivity contribution is -0.133. The van der Waals surface area contributed by atoms with E-state index in [1.54, 1.807) is 18.4 Å². The van der Waals surface area contributed by atoms with Crippen LogP contribution in [0.15, 0.2) is 29.6 Å². The van der Waals surface area contributed by atoms with Gasteiger partial charge >= 0.3 is 0 Å². The van der Waals surface area contributed by atoms with Gasteiger partial charge in [0.15, 0.2) is 0 Å². The number of carbonyl (C=O) groups excluding carboxylic acids is 2. The van der Waals surface area contributed by atoms with Crippen molar-refractivity contribution in [2.45, 2.75) is 33.6 Å². The van der Waals surface area contributed by atoms with E-state index in [-0.39, 0.29) is 18.4 Å². The lowest BCUT2D eigenvalue weighted by Gasteiger charge is -2.18. The minimum atomic E-state index is -0.169. The molecule has 1 aromatic carbocycles. The van der Waals surface area contributed by atoms with Crippen LogP contribution in [0.2, 0.25) is 0 Å². The molecular weight excluding hydrogens is 320 g/mol. The molecule has 0 spiro atoms. The van der Waals surface area contributed by atoms with E-state index in [4.69, 9.17) is 0 Å². The molecule has 0 radical (unpaired) electrons. The molecule has 5 heteroatoms. The first-order valence-corrected chi connectivity index (χ1v) is 8.89. The summed E-state index contributed by atoms with van der Waals surface area (Å²) in [5, 5.41) is 4.93. The third kappa shape index (κ3) is 4.93. The zero-order chi connectivity index (χ0) is 17.7. The largest absolute Gasteiger partial charge is 0.336 e. The van der Waals surface area contributed by atoms with E-state index in [1.165, 1.54) is 15.3 Å². The van der Waals surface area contributed by atoms with Crippen LogP contribution in [-0.4, -0.2) is 30.3 Å². The molecule has 0 bridgehead atoms. The predicted molar refractivity (Wildman–Crippen MR) is 99.6 cm³/mol. The third-order valence-corrected chi connectivity index (χ3v) is 4.85. The van der Waals surface area contributed by atoms with E-state index in [0.717, 1.165) is 23.2 Å². The minimum absolute atomic E-state index is 0.0177. The van der Waals surface area contributed by atoms with Crippen LogP contribution in [0.4, 0.5) is 5.69 Å². The van der Waals surface area contributed by atoms with Crippen LogP contribution in [0.1, 0.15) is 28.0 Å². The summed E-state index contributed by atoms with van der Waals surface area (Å²) in [7, 11) is 1.67. The number of hydrogen-bond donors (Lipinski definition) is 1. The van der Waals surface area contributed by atoms with Crippen molar-refractivity contribution in [3.63, 3.8) is 0 Å². The summed E-state index contributed by atoms with van der Waals surface area (Å²) in [4.78, 5) is 27.1. The lowest BCUT2D eigenvalue weighted by Crippen LogP contribution is -2.35. The zero-order valence-electron chi connectivity index (χ0n) is 14.7. The normalized spacial score (nSPS) is 10.5. The molecular formula is C19H24N2O2S. The Bertz CT molecular complexity index is 700. The van der Waals surface area contributed by atoms with Crippen LogP contribution in [0.25, 0.3) is 0 Å². The first kappa shape index (κ1) is 18.2. The van der Waals surface area contributed by atoms with Crippen LogP contribution >= 0.6 is 11.3 Å². The highest BCUT2D eigenvalue weighted by atomic mass is 32.1. The number of nitrogens with one attached hydrogen (secondary N) is 1. The molecule has 0 aliphatic carbocycles. The predicted octanol–water partition coefficient (Wildman–Crippen LogP) is 3.70. The summed E-state index contributed by atoms with van der Waals surface area (Å²) in [6.45, 7) is 6.05. The minimum Gasteiger partial charge on any atom is -0.336 e. The zero-order valence-corrected chi connectivity index (χ0v) is 15.5. The number of carbonyl (C=O) groups is 2. The van der Waals surface area contributed by atoms with Gasteiger partial charge < -0.3 is 10.2 Å². The van der Waals surface area contributed by atoms with E-state index in [1.807, 2.05) is 50.4 Å². The van der Waals surface area contributed by atoms with Gasteiger partial charge in [-0.3, -0.25) is 9.59 Å². The molecule has 1 N–H and O–H groups in total. The van der Waals surface area contributed by atoms with E-state index in [0.29, 0.717) is 6.42 Å². The van der Waals surface area contributed by atoms with Crippen molar-refractivity contribution in [1.29, 1.82) is 0 Å². The van der Waals surface area contributed by atoms with Crippen molar-refractivity contribution < 1.29 is 9.59 Å². The second-order valence-electron chi connectivity index (χ2n) is 6.15. The topological polar surface area (TPSA) is 49.4 Å². The monoisotopic (exact) mass is 344 g/mol. The highest BCUT2D eigenvalue weighted by Gasteiger charge is 2.15. The number of hydrogen-bond acceptors (Lipinski definition) is 3. The van der Waals surface area contributed by atoms with E-state index < -0.39 is 0 Å². The maximum atomic E-state index is 12.2. The molecule has 4 nitrogen and oxygen atoms in total. The number of anilines is 1. The smallest absolute Gasteiger partial charge is 0.243 e. The maximum Gasteiger partial charge on any atom is 0.243 e. The molecule has 1 aromatic heterocycles. The van der Waals surface area contributed by atoms with E-state index >= 15 is 0 Å². The van der Waals surface area contributed by atoms with E-state index in [2.05, 4.69) is 5.32 Å². The SMILES string of the molecule is Cc1cc(C)c(NC(=O)CN(C)C(=O)CCc2cccs2)c(C)c1. The Morgan fingerprint density at radius 2 is 1.83 bits per heavy atom. The van der Waals surface area contributed by atoms with E-state index in [9.17, 15) is 9.59 Å². The van der Waals surface area contributed by atoms with Gasteiger partial charge in [-0.15, -0.1) is 11.3 Å². The first-order chi connectivity index (χ1) is 11.4. The van der Waals surface area contributed by atoms with Gasteiger partial charge in [-0.1, -0.05) is 23.8 Å². The standard InChI is InChI=1S/C19H24N2O2S/c1-13-10-14(2)19(15(3)11-13)20-17(22)12-21(4)18(23)8-7-16-6-5-9-24-16/h5-6,9-11H,7-8,12H2,1-4H3,(H,20,22). The van der Waals surface area contributed by atoms with Crippen LogP contribution in [0.3, 0.4) is 0 Å². The summed E-state index contributed by atoms with van der Waals surface area (Å²) in [5.74, 6) is -0.187. The van der Waals surface area contributed by atoms with Gasteiger partial charge in [0.05, 0.1) is 6.54 Å². The van der Waals surface area contributed by atoms with Crippen molar-refractivity contribution in [3.8, 4) is 0 Å². The second-order valence-corrected chi connectivity index (χ2v) is 7.18. The molecule has 0 atom stereocenters. The highest BCUT2D eigenvalue weighted by Crippen LogP contribution is 2.21. The molecule has 0 saturated heterocycles. The fraction of sp³-hybridized carbons (Fsp3) is 0.368. The number of rotatable bonds is 6. The Morgan fingerprint density at radius 3 is 2.42 bits per heavy atom. The molecule has 0 aliphatic rings. The summed E-state index contributed by atoms with van der Waals surface area (Å²) < 4.78 is 0. The molecule has 24 heavy (non-hydrogen) atoms. The van der Waals surface area contributed by atoms with Crippen molar-refractivity contribution in [2.24, 2.45) is 0 Å². The van der Waals surface area contributed by atoms with Crippen molar-refractivity contribution in [2.75, 3.05) is 18.9 Å². The lowest BCUT2D eigenvalue weighted by atomic mass is 10.1. The Labute approximate surface area is 147 Å². The molecule has 2 aromatic rings. The van der Waals surface area contributed by atoms with Crippen LogP contribution in [0.5, 0.6) is 0 Å². The molecule has 0 aliphatic heterocycles. The first-order valence-electron chi connectivity index (χ1n) is 8.01. The van der Waals surface area contributed by atoms with Gasteiger partial charge in [0.2, 0.25) is 11.8 Å². The van der Waals surface area contributed by atoms with Gasteiger partial charge in [-0.05, 0) is 49.8 Å². The average molecular weight is 344 g/mol. The second kappa shape index (κ2) is 8.11. The number of amides is 2. The number of aryl methyl sites for hydroxylation is 4. The number of nitrogens with zero attached hydrogens (tertiary/aromatic N) is 1. The van der Waals surface area contributed by atoms with Crippen LogP contribution in [-0.2, 0) is 16.0 Å². The Hall–Kier alpha value is -2.14. The number of benzene rings is 1. The Balaban J connectivity index is 1.88. The van der Waals surface area contributed by atoms with Crippen molar-refractivity contribution >= 4 is 28.8 Å². The Morgan fingerprint density at radius 1 is 1.17 bits per heavy atom. The number of thiophene rings is 1. The maximum absolute atomic E-state index is 12.2. The van der Waals surface area contributed by atoms with Gasteiger partial charge in [-0.2, -0.15) is 0 Å². The molecule has 0 unspecified atom stereocenters. The van der Waals surface area contributed by atoms with Crippen molar-refractivity contribution in [1.82, 2.24) is 4.90 Å². The molecule has 0 saturated carbocycles. The molecule has 2 amide bonds. The van der Waals surface area contributed by atoms with Gasteiger partial charge in [0, 0.05) is 24.0 Å². The molecule has 2 rings (SSSR count). The van der Waals surface area contributed by atoms with Crippen LogP contribution in [0, 0.1) is 20.8 Å². The quantitative estimate of drug-likeness (QED) is 0.868. The number of likely N-dealkylation sites (N-methyl/N-ethyl adjacent to an activating group) is 1. The fourth-order valence-electron chi connectivity index (χ4n) is 2.74. The van der Waals surface area contributed by atoms with Gasteiger partial charge in [-0.25, -0.2) is 0 Å². The molecule has 0 fully saturated rings. The average Bonchev–Trinajstić information content (AvgIpc) is 3.01. The summed E-state index contributed by atoms with van der Waals surface area (Å²) in [6.07, 6.45) is 1.14. The third-order valence-electron chi connectivity index (χ3n) is 3.91.